The topological polar surface area (TPSA) is 40.6 Å². The van der Waals surface area contributed by atoms with E-state index in [9.17, 15) is 9.59 Å². The number of rotatable bonds is 1. The number of amides is 2. The minimum atomic E-state index is -0.838. The average Bonchev–Trinajstić information content (AvgIpc) is 2.38. The average molecular weight is 407 g/mol. The van der Waals surface area contributed by atoms with Crippen molar-refractivity contribution in [2.75, 3.05) is 20.1 Å². The summed E-state index contributed by atoms with van der Waals surface area (Å²) >= 11 is 8.08. The highest BCUT2D eigenvalue weighted by Gasteiger charge is 2.43. The number of nitrogens with zero attached hydrogens (tertiary/aromatic N) is 2. The van der Waals surface area contributed by atoms with E-state index in [1.165, 1.54) is 0 Å². The van der Waals surface area contributed by atoms with Gasteiger partial charge in [0.25, 0.3) is 5.91 Å². The first kappa shape index (κ1) is 15.6. The molecule has 0 radical (unpaired) electrons. The highest BCUT2D eigenvalue weighted by atomic mass is 127. The van der Waals surface area contributed by atoms with Crippen LogP contribution in [-0.4, -0.2) is 47.3 Å². The Kier molecular flexibility index (Phi) is 4.30. The molecule has 2 amide bonds. The Bertz CT molecular complexity index is 574. The highest BCUT2D eigenvalue weighted by molar-refractivity contribution is 14.1. The zero-order valence-electron chi connectivity index (χ0n) is 11.6. The van der Waals surface area contributed by atoms with E-state index in [0.717, 1.165) is 3.57 Å². The molecular weight excluding hydrogens is 391 g/mol. The van der Waals surface area contributed by atoms with Crippen molar-refractivity contribution in [2.24, 2.45) is 0 Å². The molecule has 0 bridgehead atoms. The van der Waals surface area contributed by atoms with Crippen LogP contribution in [0.25, 0.3) is 0 Å². The Morgan fingerprint density at radius 1 is 1.35 bits per heavy atom. The normalized spacial score (nSPS) is 18.4. The summed E-state index contributed by atoms with van der Waals surface area (Å²) in [4.78, 5) is 28.3. The number of likely N-dealkylation sites (N-methyl/N-ethyl adjacent to an activating group) is 1. The maximum Gasteiger partial charge on any atom is 0.255 e. The molecule has 0 aromatic heterocycles. The molecule has 0 aliphatic carbocycles. The van der Waals surface area contributed by atoms with Crippen molar-refractivity contribution < 1.29 is 9.59 Å². The first-order chi connectivity index (χ1) is 9.25. The number of benzene rings is 1. The van der Waals surface area contributed by atoms with Crippen molar-refractivity contribution >= 4 is 46.0 Å². The summed E-state index contributed by atoms with van der Waals surface area (Å²) in [7, 11) is 1.76. The van der Waals surface area contributed by atoms with Gasteiger partial charge in [-0.05, 0) is 54.6 Å². The molecule has 108 valence electrons. The predicted molar refractivity (Wildman–Crippen MR) is 86.9 cm³/mol. The quantitative estimate of drug-likeness (QED) is 0.673. The van der Waals surface area contributed by atoms with Crippen LogP contribution in [0.15, 0.2) is 18.2 Å². The van der Waals surface area contributed by atoms with Crippen LogP contribution >= 0.6 is 34.2 Å². The molecule has 0 atom stereocenters. The Hall–Kier alpha value is -0.820. The number of halogens is 2. The number of carbonyl (C=O) groups excluding carboxylic acids is 2. The van der Waals surface area contributed by atoms with E-state index in [4.69, 9.17) is 11.6 Å². The lowest BCUT2D eigenvalue weighted by Gasteiger charge is -2.44. The monoisotopic (exact) mass is 406 g/mol. The summed E-state index contributed by atoms with van der Waals surface area (Å²) in [6, 6.07) is 5.21. The van der Waals surface area contributed by atoms with Gasteiger partial charge in [-0.2, -0.15) is 0 Å². The van der Waals surface area contributed by atoms with Crippen LogP contribution in [0.2, 0.25) is 5.02 Å². The number of hydrogen-bond donors (Lipinski definition) is 0. The Balaban J connectivity index is 2.38. The first-order valence-electron chi connectivity index (χ1n) is 6.27. The molecule has 1 aliphatic rings. The first-order valence-corrected chi connectivity index (χ1v) is 7.73. The van der Waals surface area contributed by atoms with Crippen molar-refractivity contribution in [1.29, 1.82) is 0 Å². The molecular formula is C14H16ClIN2O2. The van der Waals surface area contributed by atoms with E-state index >= 15 is 0 Å². The maximum absolute atomic E-state index is 12.7. The fourth-order valence-corrected chi connectivity index (χ4v) is 3.11. The molecule has 0 spiro atoms. The van der Waals surface area contributed by atoms with Crippen LogP contribution < -0.4 is 0 Å². The van der Waals surface area contributed by atoms with E-state index in [-0.39, 0.29) is 11.8 Å². The molecule has 6 heteroatoms. The number of carbonyl (C=O) groups is 2. The third-order valence-electron chi connectivity index (χ3n) is 3.61. The lowest BCUT2D eigenvalue weighted by Crippen LogP contribution is -2.63. The van der Waals surface area contributed by atoms with Crippen LogP contribution in [0, 0.1) is 3.57 Å². The molecule has 0 N–H and O–H groups in total. The van der Waals surface area contributed by atoms with Crippen molar-refractivity contribution in [2.45, 2.75) is 19.4 Å². The molecule has 0 unspecified atom stereocenters. The summed E-state index contributed by atoms with van der Waals surface area (Å²) in [5, 5.41) is 0.520. The van der Waals surface area contributed by atoms with Gasteiger partial charge in [-0.25, -0.2) is 0 Å². The zero-order chi connectivity index (χ0) is 15.1. The van der Waals surface area contributed by atoms with Crippen molar-refractivity contribution in [1.82, 2.24) is 9.80 Å². The zero-order valence-corrected chi connectivity index (χ0v) is 14.5. The van der Waals surface area contributed by atoms with E-state index in [0.29, 0.717) is 23.7 Å². The van der Waals surface area contributed by atoms with Gasteiger partial charge < -0.3 is 9.80 Å². The van der Waals surface area contributed by atoms with Gasteiger partial charge in [-0.3, -0.25) is 9.59 Å². The van der Waals surface area contributed by atoms with Crippen LogP contribution in [0.4, 0.5) is 0 Å². The molecule has 1 aliphatic heterocycles. The van der Waals surface area contributed by atoms with E-state index in [1.807, 2.05) is 0 Å². The molecule has 0 saturated carbocycles. The molecule has 4 nitrogen and oxygen atoms in total. The van der Waals surface area contributed by atoms with E-state index < -0.39 is 5.54 Å². The summed E-state index contributed by atoms with van der Waals surface area (Å²) in [5.74, 6) is -0.197. The fraction of sp³-hybridized carbons (Fsp3) is 0.429. The van der Waals surface area contributed by atoms with Gasteiger partial charge in [0.1, 0.15) is 5.54 Å². The summed E-state index contributed by atoms with van der Waals surface area (Å²) in [6.07, 6.45) is 0. The maximum atomic E-state index is 12.7. The van der Waals surface area contributed by atoms with Crippen molar-refractivity contribution in [3.8, 4) is 0 Å². The standard InChI is InChI=1S/C14H16ClIN2O2/c1-14(2)13(20)17(3)6-7-18(14)12(19)10-8-9(15)4-5-11(10)16/h4-5,8H,6-7H2,1-3H3. The van der Waals surface area contributed by atoms with Gasteiger partial charge in [0.05, 0.1) is 5.56 Å². The third kappa shape index (κ3) is 2.65. The second kappa shape index (κ2) is 5.52. The Labute approximate surface area is 137 Å². The second-order valence-electron chi connectivity index (χ2n) is 5.37. The van der Waals surface area contributed by atoms with Gasteiger partial charge in [0.15, 0.2) is 0 Å². The third-order valence-corrected chi connectivity index (χ3v) is 4.78. The Morgan fingerprint density at radius 3 is 2.65 bits per heavy atom. The van der Waals surface area contributed by atoms with Gasteiger partial charge in [0.2, 0.25) is 5.91 Å². The van der Waals surface area contributed by atoms with Gasteiger partial charge in [0, 0.05) is 28.7 Å². The summed E-state index contributed by atoms with van der Waals surface area (Å²) < 4.78 is 0.833. The molecule has 1 aromatic rings. The number of piperazine rings is 1. The van der Waals surface area contributed by atoms with Gasteiger partial charge >= 0.3 is 0 Å². The van der Waals surface area contributed by atoms with Crippen molar-refractivity contribution in [3.63, 3.8) is 0 Å². The van der Waals surface area contributed by atoms with Gasteiger partial charge in [-0.15, -0.1) is 0 Å². The minimum absolute atomic E-state index is 0.0471. The van der Waals surface area contributed by atoms with Crippen LogP contribution in [0.5, 0.6) is 0 Å². The van der Waals surface area contributed by atoms with Crippen LogP contribution in [0.3, 0.4) is 0 Å². The summed E-state index contributed by atoms with van der Waals surface area (Å²) in [5.41, 5.74) is -0.293. The molecule has 1 saturated heterocycles. The van der Waals surface area contributed by atoms with E-state index in [2.05, 4.69) is 22.6 Å². The Morgan fingerprint density at radius 2 is 2.00 bits per heavy atom. The second-order valence-corrected chi connectivity index (χ2v) is 6.97. The van der Waals surface area contributed by atoms with Crippen LogP contribution in [-0.2, 0) is 4.79 Å². The minimum Gasteiger partial charge on any atom is -0.342 e. The fourth-order valence-electron chi connectivity index (χ4n) is 2.38. The van der Waals surface area contributed by atoms with Crippen LogP contribution in [0.1, 0.15) is 24.2 Å². The SMILES string of the molecule is CN1CCN(C(=O)c2cc(Cl)ccc2I)C(C)(C)C1=O. The number of hydrogen-bond acceptors (Lipinski definition) is 2. The van der Waals surface area contributed by atoms with E-state index in [1.54, 1.807) is 48.9 Å². The molecule has 1 fully saturated rings. The summed E-state index contributed by atoms with van der Waals surface area (Å²) in [6.45, 7) is 4.63. The largest absolute Gasteiger partial charge is 0.342 e. The molecule has 1 aromatic carbocycles. The highest BCUT2D eigenvalue weighted by Crippen LogP contribution is 2.26. The van der Waals surface area contributed by atoms with Crippen molar-refractivity contribution in [3.05, 3.63) is 32.4 Å². The smallest absolute Gasteiger partial charge is 0.255 e. The lowest BCUT2D eigenvalue weighted by atomic mass is 9.96. The van der Waals surface area contributed by atoms with Gasteiger partial charge in [-0.1, -0.05) is 11.6 Å². The molecule has 1 heterocycles. The molecule has 2 rings (SSSR count). The molecule has 20 heavy (non-hydrogen) atoms. The lowest BCUT2D eigenvalue weighted by molar-refractivity contribution is -0.144. The predicted octanol–water partition coefficient (Wildman–Crippen LogP) is 2.64.